The van der Waals surface area contributed by atoms with Gasteiger partial charge in [0.25, 0.3) is 11.8 Å². The molecule has 0 aliphatic rings. The summed E-state index contributed by atoms with van der Waals surface area (Å²) in [6.07, 6.45) is 9.44. The van der Waals surface area contributed by atoms with Crippen LogP contribution in [0.1, 0.15) is 98.7 Å². The van der Waals surface area contributed by atoms with E-state index >= 15 is 0 Å². The van der Waals surface area contributed by atoms with Crippen LogP contribution < -0.4 is 10.6 Å². The first-order chi connectivity index (χ1) is 44.3. The summed E-state index contributed by atoms with van der Waals surface area (Å²) in [6, 6.07) is 39.1. The number of aliphatic hydroxyl groups excluding tert-OH is 1. The van der Waals surface area contributed by atoms with Gasteiger partial charge in [0, 0.05) is 48.8 Å². The number of halogens is 2. The fourth-order valence-corrected chi connectivity index (χ4v) is 13.5. The van der Waals surface area contributed by atoms with Gasteiger partial charge in [-0.2, -0.15) is 10.2 Å². The standard InChI is InChI=1S/C47H53FN6O4SSi.C22H25FN6O4S/c1-45(2,3)60(7,8)58-32-46(4,5)51-44(55)38-31-53(47(33-19-12-9-13-20-33,34-21-14-10-15-22-34)35-23-16-11-17-24-35)43-42(38)50-39(30-49-43)41-37-26-25-36(48)29-40(37)54(52-41)27-18-28-59(6,56)57;1-22(2,12-30)27-21(31)15-10-24-20-19(15)26-16(11-25-20)18-14-6-5-13(23)9-17(14)29(28-18)7-4-8-34(3,32)33/h9-17,19-26,29-31H,18,27-28,32H2,1-8H3,(H,51,55);5-6,9-11,30H,4,7-8,12H2,1-3H3,(H,24,25)(H,27,31). The van der Waals surface area contributed by atoms with Crippen LogP contribution in [-0.4, -0.2) is 139 Å². The molecule has 0 bridgehead atoms. The van der Waals surface area contributed by atoms with Crippen LogP contribution >= 0.6 is 0 Å². The highest BCUT2D eigenvalue weighted by atomic mass is 32.2. The highest BCUT2D eigenvalue weighted by Gasteiger charge is 2.42. The highest BCUT2D eigenvalue weighted by molar-refractivity contribution is 7.90. The Kier molecular flexibility index (Phi) is 19.2. The topological polar surface area (TPSA) is 264 Å². The van der Waals surface area contributed by atoms with E-state index in [9.17, 15) is 40.3 Å². The number of fused-ring (bicyclic) bond motifs is 4. The summed E-state index contributed by atoms with van der Waals surface area (Å²) in [7, 11) is -8.51. The van der Waals surface area contributed by atoms with Crippen molar-refractivity contribution >= 4 is 83.9 Å². The van der Waals surface area contributed by atoms with Gasteiger partial charge in [-0.3, -0.25) is 19.0 Å². The largest absolute Gasteiger partial charge is 0.414 e. The predicted molar refractivity (Wildman–Crippen MR) is 365 cm³/mol. The third kappa shape index (κ3) is 14.7. The van der Waals surface area contributed by atoms with Crippen molar-refractivity contribution < 1.29 is 44.7 Å². The summed E-state index contributed by atoms with van der Waals surface area (Å²) in [6.45, 7) is 18.8. The number of carbonyl (C=O) groups is 2. The second-order valence-corrected chi connectivity index (χ2v) is 35.9. The van der Waals surface area contributed by atoms with Crippen LogP contribution in [0, 0.1) is 11.6 Å². The van der Waals surface area contributed by atoms with E-state index in [1.807, 2.05) is 79.2 Å². The number of amides is 2. The third-order valence-electron chi connectivity index (χ3n) is 16.9. The van der Waals surface area contributed by atoms with Crippen molar-refractivity contribution in [3.05, 3.63) is 192 Å². The maximum Gasteiger partial charge on any atom is 0.255 e. The summed E-state index contributed by atoms with van der Waals surface area (Å²) < 4.78 is 87.5. The molecule has 20 nitrogen and oxygen atoms in total. The maximum atomic E-state index is 14.9. The number of nitrogens with zero attached hydrogens (tertiary/aromatic N) is 9. The summed E-state index contributed by atoms with van der Waals surface area (Å²) in [5.74, 6) is -1.72. The van der Waals surface area contributed by atoms with Gasteiger partial charge in [-0.05, 0) is 112 Å². The number of hydrogen-bond acceptors (Lipinski definition) is 14. The van der Waals surface area contributed by atoms with Crippen molar-refractivity contribution in [2.75, 3.05) is 37.2 Å². The molecule has 0 atom stereocenters. The first-order valence-electron chi connectivity index (χ1n) is 30.8. The minimum absolute atomic E-state index is 0.0151. The second kappa shape index (κ2) is 26.5. The minimum atomic E-state index is -3.22. The molecule has 6 heterocycles. The lowest BCUT2D eigenvalue weighted by Gasteiger charge is -2.39. The number of aryl methyl sites for hydroxylation is 2. The molecule has 492 valence electrons. The molecule has 11 aromatic rings. The number of carbonyl (C=O) groups excluding carboxylic acids is 2. The van der Waals surface area contributed by atoms with Crippen molar-refractivity contribution in [2.45, 2.75) is 109 Å². The van der Waals surface area contributed by atoms with Crippen molar-refractivity contribution in [3.8, 4) is 22.8 Å². The molecule has 0 aliphatic carbocycles. The van der Waals surface area contributed by atoms with E-state index in [0.717, 1.165) is 22.9 Å². The zero-order chi connectivity index (χ0) is 67.8. The average molecular weight is 1330 g/mol. The number of aliphatic hydroxyl groups is 1. The van der Waals surface area contributed by atoms with Crippen LogP contribution in [0.4, 0.5) is 8.78 Å². The molecule has 0 spiro atoms. The first-order valence-corrected chi connectivity index (χ1v) is 37.8. The van der Waals surface area contributed by atoms with Gasteiger partial charge in [0.1, 0.15) is 70.7 Å². The molecule has 5 aromatic carbocycles. The molecule has 25 heteroatoms. The van der Waals surface area contributed by atoms with Gasteiger partial charge >= 0.3 is 0 Å². The molecule has 11 rings (SSSR count). The van der Waals surface area contributed by atoms with Gasteiger partial charge in [0.2, 0.25) is 0 Å². The van der Waals surface area contributed by atoms with Crippen LogP contribution in [0.3, 0.4) is 0 Å². The number of benzene rings is 5. The number of nitrogens with one attached hydrogen (secondary N) is 3. The molecular formula is C69H78F2N12O8S2Si. The molecule has 0 radical (unpaired) electrons. The van der Waals surface area contributed by atoms with Gasteiger partial charge < -0.3 is 29.7 Å². The Balaban J connectivity index is 0.000000240. The van der Waals surface area contributed by atoms with Crippen LogP contribution in [0.5, 0.6) is 0 Å². The first kappa shape index (κ1) is 68.0. The smallest absolute Gasteiger partial charge is 0.255 e. The summed E-state index contributed by atoms with van der Waals surface area (Å²) in [5.41, 5.74) is 4.95. The van der Waals surface area contributed by atoms with E-state index in [1.165, 1.54) is 42.9 Å². The Bertz CT molecular complexity index is 4740. The van der Waals surface area contributed by atoms with Gasteiger partial charge in [-0.15, -0.1) is 0 Å². The van der Waals surface area contributed by atoms with Crippen LogP contribution in [0.15, 0.2) is 152 Å². The molecule has 2 amide bonds. The van der Waals surface area contributed by atoms with Crippen molar-refractivity contribution in [3.63, 3.8) is 0 Å². The molecule has 0 saturated carbocycles. The maximum absolute atomic E-state index is 14.9. The number of rotatable bonds is 22. The molecule has 6 aromatic heterocycles. The van der Waals surface area contributed by atoms with Crippen molar-refractivity contribution in [1.82, 2.24) is 59.7 Å². The fourth-order valence-electron chi connectivity index (χ4n) is 11.0. The van der Waals surface area contributed by atoms with E-state index < -0.39 is 62.2 Å². The highest BCUT2D eigenvalue weighted by Crippen LogP contribution is 2.44. The van der Waals surface area contributed by atoms with Crippen molar-refractivity contribution in [2.24, 2.45) is 0 Å². The van der Waals surface area contributed by atoms with E-state index in [-0.39, 0.29) is 47.7 Å². The molecule has 4 N–H and O–H groups in total. The van der Waals surface area contributed by atoms with Gasteiger partial charge in [0.05, 0.1) is 70.4 Å². The Morgan fingerprint density at radius 2 is 1.06 bits per heavy atom. The number of aromatic nitrogens is 10. The molecule has 0 saturated heterocycles. The van der Waals surface area contributed by atoms with E-state index in [4.69, 9.17) is 19.5 Å². The third-order valence-corrected chi connectivity index (χ3v) is 23.4. The number of H-pyrrole nitrogens is 1. The number of sulfone groups is 2. The zero-order valence-electron chi connectivity index (χ0n) is 54.5. The molecule has 0 unspecified atom stereocenters. The van der Waals surface area contributed by atoms with Gasteiger partial charge in [-0.25, -0.2) is 45.6 Å². The van der Waals surface area contributed by atoms with Crippen LogP contribution in [0.2, 0.25) is 18.1 Å². The fraction of sp³-hybridized carbons (Fsp3) is 0.333. The zero-order valence-corrected chi connectivity index (χ0v) is 57.1. The Morgan fingerprint density at radius 3 is 1.52 bits per heavy atom. The molecule has 0 aliphatic heterocycles. The SMILES string of the molecule is CC(C)(CO)NC(=O)c1c[nH]c2ncc(-c3nn(CCCS(C)(=O)=O)c4cc(F)ccc34)nc12.CC(C)(CO[Si](C)(C)C(C)(C)C)NC(=O)c1cn(C(c2ccccc2)(c2ccccc2)c2ccccc2)c2ncc(-c3nn(CCCS(C)(=O)=O)c4cc(F)ccc34)nc12. The number of hydrogen-bond donors (Lipinski definition) is 4. The van der Waals surface area contributed by atoms with E-state index in [2.05, 4.69) is 101 Å². The lowest BCUT2D eigenvalue weighted by atomic mass is 9.76. The Morgan fingerprint density at radius 1 is 0.617 bits per heavy atom. The monoisotopic (exact) mass is 1330 g/mol. The Labute approximate surface area is 546 Å². The number of aromatic amines is 1. The van der Waals surface area contributed by atoms with Gasteiger partial charge in [0.15, 0.2) is 19.6 Å². The lowest BCUT2D eigenvalue weighted by Crippen LogP contribution is -2.51. The molecular weight excluding hydrogens is 1260 g/mol. The predicted octanol–water partition coefficient (Wildman–Crippen LogP) is 11.4. The van der Waals surface area contributed by atoms with E-state index in [0.29, 0.717) is 91.9 Å². The minimum Gasteiger partial charge on any atom is -0.414 e. The summed E-state index contributed by atoms with van der Waals surface area (Å²) in [5, 5.41) is 26.1. The summed E-state index contributed by atoms with van der Waals surface area (Å²) in [4.78, 5) is 49.9. The quantitative estimate of drug-likeness (QED) is 0.0363. The van der Waals surface area contributed by atoms with Crippen molar-refractivity contribution in [1.29, 1.82) is 0 Å². The second-order valence-electron chi connectivity index (χ2n) is 26.6. The normalized spacial score (nSPS) is 12.8. The lowest BCUT2D eigenvalue weighted by molar-refractivity contribution is 0.0865. The van der Waals surface area contributed by atoms with Crippen LogP contribution in [0.25, 0.3) is 66.9 Å². The molecule has 94 heavy (non-hydrogen) atoms. The Hall–Kier alpha value is -8.88. The average Bonchev–Trinajstić information content (AvgIpc) is 1.45. The summed E-state index contributed by atoms with van der Waals surface area (Å²) >= 11 is 0. The van der Waals surface area contributed by atoms with Gasteiger partial charge in [-0.1, -0.05) is 112 Å². The van der Waals surface area contributed by atoms with Crippen LogP contribution in [-0.2, 0) is 42.7 Å². The molecule has 0 fully saturated rings. The van der Waals surface area contributed by atoms with E-state index in [1.54, 1.807) is 41.5 Å².